The van der Waals surface area contributed by atoms with E-state index in [9.17, 15) is 43.5 Å². The molecular weight excluding hydrogens is 1680 g/mol. The minimum atomic E-state index is -1.27. The maximum Gasteiger partial charge on any atom is 0.308 e. The third-order valence-corrected chi connectivity index (χ3v) is 28.4. The lowest BCUT2D eigenvalue weighted by atomic mass is 9.61. The van der Waals surface area contributed by atoms with Crippen molar-refractivity contribution in [1.29, 1.82) is 0 Å². The SMILES string of the molecule is CC(C)(C)C[C@H]1N[C@@H](C(=O)CC2CCC(O)CC2)[C@H](c2cccc(Cl)c2F)[C@@]12C(=O)Nc1cc(Cl)ccc12.CC(C)C(=O)OC1CCC(CC(=O)[C@@H]2N[C@H](CC(C)(C)C)[C@]3(C(=O)Nc4cc(Cl)ccc43)[C@H]2c2cccc(Cl)c2F)CC1.CCC(=O)OC1(C)CC(CC(=O)[C@@H]2N[C@H](CC(C)(C)C)[C@]3(C(=O)Nc4cc(Cl)ccc43)[C@H]2c2cccc(Cl)c2F)C1. The Morgan fingerprint density at radius 1 is 0.467 bits per heavy atom. The number of aliphatic hydroxyl groups excluding tert-OH is 1. The standard InChI is InChI=1S/C34H41Cl2FN2O4.C32H37Cl2FN2O4.C30H35Cl2FN2O3/c1-18(2)31(41)43-21-12-9-19(10-13-21)15-26(40)30-28(22-7-6-8-24(36)29(22)37)34(27(39-30)17-33(3,4)5)23-14-11-20(35)16-25(23)38-32(34)42;1-6-25(39)41-31(5)14-17(15-31)12-23(38)28-26(19-8-7-9-21(34)27(19)35)32(24(37-28)16-30(2,3)4)20-11-10-18(33)13-22(20)36-29(32)40;1-29(2,3)15-24-30(20-12-9-17(31)14-22(20)34-28(30)38)25(19-5-4-6-21(32)26(19)33)27(35-24)23(37)13-16-7-10-18(36)11-8-16/h6-8,11,14,16,18-19,21,27-28,30,39H,9-10,12-13,15,17H2,1-5H3,(H,38,42);7-11,13,17,24,26,28,37H,6,12,14-16H2,1-5H3,(H,36,40);4-6,9,12,14,16,18,24-25,27,35-36H,7-8,10-11,13,15H2,1-3H3,(H,34,38)/t19?,21?,27-,28+,30+,34+;17?,24-,26+,28+,31?,32+;16?,18?,24-,25+,27+,30+/m111/s1. The number of aliphatic hydroxyl groups is 1. The number of esters is 2. The number of benzene rings is 6. The van der Waals surface area contributed by atoms with Gasteiger partial charge in [-0.15, -0.1) is 0 Å². The van der Waals surface area contributed by atoms with Crippen LogP contribution in [0.4, 0.5) is 30.2 Å². The minimum Gasteiger partial charge on any atom is -0.462 e. The number of anilines is 3. The summed E-state index contributed by atoms with van der Waals surface area (Å²) in [6, 6.07) is 26.3. The summed E-state index contributed by atoms with van der Waals surface area (Å²) >= 11 is 37.8. The lowest BCUT2D eigenvalue weighted by Crippen LogP contribution is -2.49. The van der Waals surface area contributed by atoms with Gasteiger partial charge in [-0.25, -0.2) is 13.2 Å². The number of carbonyl (C=O) groups excluding carboxylic acids is 8. The van der Waals surface area contributed by atoms with Crippen LogP contribution in [-0.2, 0) is 64.1 Å². The smallest absolute Gasteiger partial charge is 0.308 e. The first kappa shape index (κ1) is 92.7. The zero-order valence-electron chi connectivity index (χ0n) is 71.5. The van der Waals surface area contributed by atoms with Crippen molar-refractivity contribution >= 4 is 134 Å². The van der Waals surface area contributed by atoms with Gasteiger partial charge in [0, 0.05) is 93.7 Å². The molecule has 0 unspecified atom stereocenters. The van der Waals surface area contributed by atoms with Crippen molar-refractivity contribution in [2.45, 2.75) is 287 Å². The van der Waals surface area contributed by atoms with Crippen LogP contribution in [0, 0.1) is 57.4 Å². The summed E-state index contributed by atoms with van der Waals surface area (Å²) in [5.74, 6) is -5.76. The average Bonchev–Trinajstić information content (AvgIpc) is 1.54. The number of ether oxygens (including phenoxy) is 2. The van der Waals surface area contributed by atoms with Gasteiger partial charge in [-0.1, -0.05) is 207 Å². The van der Waals surface area contributed by atoms with Crippen molar-refractivity contribution in [3.8, 4) is 0 Å². The Bertz CT molecular complexity index is 5050. The second-order valence-electron chi connectivity index (χ2n) is 39.8. The Balaban J connectivity index is 0.000000158. The Hall–Kier alpha value is -6.95. The first-order valence-electron chi connectivity index (χ1n) is 42.9. The number of ketones is 3. The molecule has 0 radical (unpaired) electrons. The molecule has 3 amide bonds. The number of Topliss-reactive ketones (excluding diaryl/α,β-unsaturated/α-hetero) is 3. The topological polar surface area (TPSA) is 247 Å². The van der Waals surface area contributed by atoms with Crippen LogP contribution in [0.25, 0.3) is 0 Å². The van der Waals surface area contributed by atoms with E-state index in [4.69, 9.17) is 79.1 Å². The van der Waals surface area contributed by atoms with Crippen molar-refractivity contribution in [3.05, 3.63) is 190 Å². The summed E-state index contributed by atoms with van der Waals surface area (Å²) in [5, 5.41) is 30.9. The highest BCUT2D eigenvalue weighted by Crippen LogP contribution is 2.62. The van der Waals surface area contributed by atoms with Gasteiger partial charge >= 0.3 is 11.9 Å². The van der Waals surface area contributed by atoms with Crippen molar-refractivity contribution in [3.63, 3.8) is 0 Å². The van der Waals surface area contributed by atoms with Crippen LogP contribution in [0.2, 0.25) is 30.1 Å². The fourth-order valence-electron chi connectivity index (χ4n) is 21.7. The van der Waals surface area contributed by atoms with E-state index < -0.39 is 93.3 Å². The molecule has 15 rings (SSSR count). The van der Waals surface area contributed by atoms with Crippen LogP contribution in [0.15, 0.2) is 109 Å². The van der Waals surface area contributed by atoms with Crippen LogP contribution < -0.4 is 31.9 Å². The van der Waals surface area contributed by atoms with E-state index in [1.807, 2.05) is 39.0 Å². The molecule has 656 valence electrons. The summed E-state index contributed by atoms with van der Waals surface area (Å²) in [5.41, 5.74) is -0.380. The predicted octanol–water partition coefficient (Wildman–Crippen LogP) is 21.0. The van der Waals surface area contributed by atoms with Gasteiger partial charge in [0.2, 0.25) is 17.7 Å². The van der Waals surface area contributed by atoms with Crippen LogP contribution in [0.1, 0.15) is 250 Å². The molecule has 3 spiro atoms. The van der Waals surface area contributed by atoms with Gasteiger partial charge < -0.3 is 46.5 Å². The first-order valence-corrected chi connectivity index (χ1v) is 45.2. The van der Waals surface area contributed by atoms with Gasteiger partial charge in [-0.05, 0) is 212 Å². The van der Waals surface area contributed by atoms with E-state index in [0.717, 1.165) is 25.7 Å². The number of hydrogen-bond donors (Lipinski definition) is 7. The monoisotopic (exact) mass is 1790 g/mol. The number of carbonyl (C=O) groups is 8. The summed E-state index contributed by atoms with van der Waals surface area (Å²) in [4.78, 5) is 109. The van der Waals surface area contributed by atoms with E-state index >= 15 is 13.2 Å². The Morgan fingerprint density at radius 2 is 0.779 bits per heavy atom. The number of rotatable bonds is 19. The van der Waals surface area contributed by atoms with Gasteiger partial charge in [0.15, 0.2) is 17.3 Å². The van der Waals surface area contributed by atoms with Gasteiger partial charge in [0.25, 0.3) is 0 Å². The van der Waals surface area contributed by atoms with E-state index in [-0.39, 0.29) is 144 Å². The molecule has 6 fully saturated rings. The normalized spacial score (nSPS) is 30.0. The highest BCUT2D eigenvalue weighted by molar-refractivity contribution is 6.33. The van der Waals surface area contributed by atoms with Crippen molar-refractivity contribution in [2.24, 2.45) is 39.9 Å². The third-order valence-electron chi connectivity index (χ3n) is 26.8. The Morgan fingerprint density at radius 3 is 1.08 bits per heavy atom. The summed E-state index contributed by atoms with van der Waals surface area (Å²) in [6.45, 7) is 26.1. The molecule has 3 saturated carbocycles. The maximum atomic E-state index is 16.0. The maximum absolute atomic E-state index is 16.0. The van der Waals surface area contributed by atoms with E-state index in [2.05, 4.69) is 94.2 Å². The molecule has 17 nitrogen and oxygen atoms in total. The van der Waals surface area contributed by atoms with Crippen LogP contribution in [-0.4, -0.2) is 106 Å². The number of hydrogen-bond acceptors (Lipinski definition) is 14. The number of amides is 3. The summed E-state index contributed by atoms with van der Waals surface area (Å²) in [6.07, 6.45) is 9.34. The van der Waals surface area contributed by atoms with Gasteiger partial charge in [0.1, 0.15) is 45.4 Å². The van der Waals surface area contributed by atoms with Gasteiger partial charge in [-0.2, -0.15) is 0 Å². The molecule has 0 aromatic heterocycles. The summed E-state index contributed by atoms with van der Waals surface area (Å²) < 4.78 is 58.9. The lowest BCUT2D eigenvalue weighted by Gasteiger charge is -2.44. The van der Waals surface area contributed by atoms with Crippen molar-refractivity contribution in [2.75, 3.05) is 16.0 Å². The molecule has 7 N–H and O–H groups in total. The molecule has 6 aliphatic heterocycles. The zero-order chi connectivity index (χ0) is 88.6. The molecule has 12 atom stereocenters. The number of fused-ring (bicyclic) bond motifs is 6. The fourth-order valence-corrected chi connectivity index (χ4v) is 22.7. The van der Waals surface area contributed by atoms with Crippen LogP contribution in [0.3, 0.4) is 0 Å². The zero-order valence-corrected chi connectivity index (χ0v) is 76.0. The largest absolute Gasteiger partial charge is 0.462 e. The quantitative estimate of drug-likeness (QED) is 0.0373. The minimum absolute atomic E-state index is 0.0185. The molecular formula is C96H113Cl6F3N6O11. The highest BCUT2D eigenvalue weighted by Gasteiger charge is 2.70. The van der Waals surface area contributed by atoms with E-state index in [1.54, 1.807) is 79.7 Å². The second kappa shape index (κ2) is 36.1. The number of nitrogens with one attached hydrogen (secondary N) is 6. The van der Waals surface area contributed by atoms with Crippen molar-refractivity contribution in [1.82, 2.24) is 16.0 Å². The predicted molar refractivity (Wildman–Crippen MR) is 473 cm³/mol. The fraction of sp³-hybridized carbons (Fsp3) is 0.542. The highest BCUT2D eigenvalue weighted by atomic mass is 35.5. The van der Waals surface area contributed by atoms with Crippen LogP contribution in [0.5, 0.6) is 0 Å². The third kappa shape index (κ3) is 18.4. The molecule has 0 bridgehead atoms. The molecule has 9 aliphatic rings. The second-order valence-corrected chi connectivity index (χ2v) is 42.3. The van der Waals surface area contributed by atoms with E-state index in [1.165, 1.54) is 18.2 Å². The van der Waals surface area contributed by atoms with Crippen molar-refractivity contribution < 1.29 is 66.1 Å². The first-order chi connectivity index (χ1) is 57.3. The molecule has 3 aliphatic carbocycles. The molecule has 6 heterocycles. The molecule has 6 aromatic rings. The Labute approximate surface area is 744 Å². The summed E-state index contributed by atoms with van der Waals surface area (Å²) in [7, 11) is 0. The van der Waals surface area contributed by atoms with Gasteiger partial charge in [0.05, 0.1) is 45.2 Å². The van der Waals surface area contributed by atoms with Crippen LogP contribution >= 0.6 is 69.6 Å². The molecule has 6 aromatic carbocycles. The number of halogens is 9. The Kier molecular flexibility index (Phi) is 27.4. The van der Waals surface area contributed by atoms with Gasteiger partial charge in [-0.3, -0.25) is 38.4 Å². The molecule has 26 heteroatoms. The molecule has 3 saturated heterocycles. The molecule has 122 heavy (non-hydrogen) atoms. The van der Waals surface area contributed by atoms with E-state index in [0.29, 0.717) is 119 Å². The average molecular weight is 1800 g/mol. The lowest BCUT2D eigenvalue weighted by molar-refractivity contribution is -0.172.